The van der Waals surface area contributed by atoms with Crippen LogP contribution >= 0.6 is 0 Å². The summed E-state index contributed by atoms with van der Waals surface area (Å²) in [6.45, 7) is -0.0559. The fourth-order valence-electron chi connectivity index (χ4n) is 1.85. The van der Waals surface area contributed by atoms with E-state index in [1.54, 1.807) is 6.08 Å². The lowest BCUT2D eigenvalue weighted by molar-refractivity contribution is -0.144. The van der Waals surface area contributed by atoms with E-state index in [0.29, 0.717) is 5.75 Å². The number of carbonyl (C=O) groups is 2. The molecule has 5 nitrogen and oxygen atoms in total. The van der Waals surface area contributed by atoms with Crippen molar-refractivity contribution in [3.8, 4) is 5.75 Å². The van der Waals surface area contributed by atoms with Gasteiger partial charge in [-0.15, -0.1) is 0 Å². The van der Waals surface area contributed by atoms with E-state index in [1.165, 1.54) is 30.3 Å². The van der Waals surface area contributed by atoms with Crippen LogP contribution in [0.1, 0.15) is 5.56 Å². The maximum absolute atomic E-state index is 12.7. The first-order valence-corrected chi connectivity index (χ1v) is 7.68. The first-order valence-electron chi connectivity index (χ1n) is 7.68. The van der Waals surface area contributed by atoms with Crippen LogP contribution in [0.4, 0.5) is 4.39 Å². The summed E-state index contributed by atoms with van der Waals surface area (Å²) in [6, 6.07) is 14.9. The highest BCUT2D eigenvalue weighted by Gasteiger charge is 2.04. The van der Waals surface area contributed by atoms with Crippen LogP contribution in [0.3, 0.4) is 0 Å². The Bertz CT molecular complexity index is 714. The van der Waals surface area contributed by atoms with Crippen molar-refractivity contribution >= 4 is 18.0 Å². The molecule has 0 fully saturated rings. The summed E-state index contributed by atoms with van der Waals surface area (Å²) in [6.07, 6.45) is 3.00. The van der Waals surface area contributed by atoms with Crippen molar-refractivity contribution in [1.82, 2.24) is 5.32 Å². The Balaban J connectivity index is 1.59. The predicted molar refractivity (Wildman–Crippen MR) is 91.3 cm³/mol. The van der Waals surface area contributed by atoms with Gasteiger partial charge in [0, 0.05) is 6.08 Å². The maximum Gasteiger partial charge on any atom is 0.325 e. The van der Waals surface area contributed by atoms with Crippen molar-refractivity contribution in [2.45, 2.75) is 0 Å². The summed E-state index contributed by atoms with van der Waals surface area (Å²) in [5.41, 5.74) is 0.887. The Labute approximate surface area is 145 Å². The summed E-state index contributed by atoms with van der Waals surface area (Å²) in [5, 5.41) is 2.43. The molecule has 130 valence electrons. The Kier molecular flexibility index (Phi) is 7.18. The molecule has 0 spiro atoms. The molecule has 2 rings (SSSR count). The zero-order valence-electron chi connectivity index (χ0n) is 13.5. The largest absolute Gasteiger partial charge is 0.490 e. The molecule has 0 aromatic heterocycles. The van der Waals surface area contributed by atoms with Gasteiger partial charge < -0.3 is 14.8 Å². The average molecular weight is 343 g/mol. The van der Waals surface area contributed by atoms with Gasteiger partial charge in [0.2, 0.25) is 5.91 Å². The lowest BCUT2D eigenvalue weighted by Gasteiger charge is -2.07. The fraction of sp³-hybridized carbons (Fsp3) is 0.158. The van der Waals surface area contributed by atoms with E-state index in [2.05, 4.69) is 5.32 Å². The summed E-state index contributed by atoms with van der Waals surface area (Å²) < 4.78 is 22.9. The van der Waals surface area contributed by atoms with Crippen LogP contribution < -0.4 is 10.1 Å². The number of halogens is 1. The van der Waals surface area contributed by atoms with Crippen molar-refractivity contribution in [2.75, 3.05) is 19.8 Å². The quantitative estimate of drug-likeness (QED) is 0.455. The fourth-order valence-corrected chi connectivity index (χ4v) is 1.85. The molecule has 2 aromatic rings. The van der Waals surface area contributed by atoms with Crippen LogP contribution in [-0.4, -0.2) is 31.6 Å². The lowest BCUT2D eigenvalue weighted by Crippen LogP contribution is -2.30. The van der Waals surface area contributed by atoms with E-state index >= 15 is 0 Å². The maximum atomic E-state index is 12.7. The number of hydrogen-bond acceptors (Lipinski definition) is 4. The van der Waals surface area contributed by atoms with Gasteiger partial charge >= 0.3 is 5.97 Å². The molecule has 6 heteroatoms. The molecule has 0 aliphatic carbocycles. The topological polar surface area (TPSA) is 64.6 Å². The molecule has 0 aliphatic heterocycles. The normalized spacial score (nSPS) is 10.4. The van der Waals surface area contributed by atoms with Crippen LogP contribution in [0.2, 0.25) is 0 Å². The van der Waals surface area contributed by atoms with Crippen LogP contribution in [0.15, 0.2) is 60.7 Å². The van der Waals surface area contributed by atoms with Crippen molar-refractivity contribution in [3.05, 3.63) is 72.1 Å². The lowest BCUT2D eigenvalue weighted by atomic mass is 10.2. The third kappa shape index (κ3) is 7.30. The predicted octanol–water partition coefficient (Wildman–Crippen LogP) is 2.58. The number of ether oxygens (including phenoxy) is 2. The number of benzene rings is 2. The molecule has 0 saturated carbocycles. The molecule has 0 atom stereocenters. The number of rotatable bonds is 8. The van der Waals surface area contributed by atoms with E-state index in [0.717, 1.165) is 5.56 Å². The Morgan fingerprint density at radius 1 is 1.00 bits per heavy atom. The van der Waals surface area contributed by atoms with Gasteiger partial charge in [0.15, 0.2) is 0 Å². The molecule has 0 heterocycles. The van der Waals surface area contributed by atoms with Crippen LogP contribution in [-0.2, 0) is 14.3 Å². The third-order valence-corrected chi connectivity index (χ3v) is 3.06. The summed E-state index contributed by atoms with van der Waals surface area (Å²) in [4.78, 5) is 23.1. The molecule has 0 aliphatic rings. The second-order valence-corrected chi connectivity index (χ2v) is 4.98. The van der Waals surface area contributed by atoms with Crippen LogP contribution in [0.25, 0.3) is 6.08 Å². The summed E-state index contributed by atoms with van der Waals surface area (Å²) >= 11 is 0. The standard InChI is InChI=1S/C19H18FNO4/c20-16-7-9-17(10-8-16)24-12-13-25-19(23)14-21-18(22)11-6-15-4-2-1-3-5-15/h1-11H,12-14H2,(H,21,22)/b11-6+. The van der Waals surface area contributed by atoms with Crippen molar-refractivity contribution in [1.29, 1.82) is 0 Å². The summed E-state index contributed by atoms with van der Waals surface area (Å²) in [5.74, 6) is -0.819. The van der Waals surface area contributed by atoms with Gasteiger partial charge in [0.25, 0.3) is 0 Å². The minimum absolute atomic E-state index is 0.0337. The highest BCUT2D eigenvalue weighted by molar-refractivity contribution is 5.93. The first kappa shape index (κ1) is 18.2. The van der Waals surface area contributed by atoms with Crippen molar-refractivity contribution < 1.29 is 23.5 Å². The van der Waals surface area contributed by atoms with Crippen LogP contribution in [0, 0.1) is 5.82 Å². The second kappa shape index (κ2) is 9.87. The highest BCUT2D eigenvalue weighted by atomic mass is 19.1. The zero-order valence-corrected chi connectivity index (χ0v) is 13.5. The van der Waals surface area contributed by atoms with Gasteiger partial charge in [-0.1, -0.05) is 30.3 Å². The molecule has 1 amide bonds. The van der Waals surface area contributed by atoms with Crippen LogP contribution in [0.5, 0.6) is 5.75 Å². The minimum Gasteiger partial charge on any atom is -0.490 e. The molecule has 0 radical (unpaired) electrons. The van der Waals surface area contributed by atoms with E-state index in [-0.39, 0.29) is 31.5 Å². The smallest absolute Gasteiger partial charge is 0.325 e. The number of hydrogen-bond donors (Lipinski definition) is 1. The van der Waals surface area contributed by atoms with Gasteiger partial charge in [-0.3, -0.25) is 9.59 Å². The van der Waals surface area contributed by atoms with Gasteiger partial charge in [-0.05, 0) is 35.9 Å². The Morgan fingerprint density at radius 2 is 1.72 bits per heavy atom. The zero-order chi connectivity index (χ0) is 17.9. The van der Waals surface area contributed by atoms with Crippen molar-refractivity contribution in [3.63, 3.8) is 0 Å². The van der Waals surface area contributed by atoms with E-state index < -0.39 is 5.97 Å². The monoisotopic (exact) mass is 343 g/mol. The molecule has 0 bridgehead atoms. The molecule has 0 unspecified atom stereocenters. The molecular formula is C19H18FNO4. The third-order valence-electron chi connectivity index (χ3n) is 3.06. The van der Waals surface area contributed by atoms with Gasteiger partial charge in [0.05, 0.1) is 0 Å². The minimum atomic E-state index is -0.566. The molecule has 1 N–H and O–H groups in total. The average Bonchev–Trinajstić information content (AvgIpc) is 2.64. The second-order valence-electron chi connectivity index (χ2n) is 4.98. The van der Waals surface area contributed by atoms with Crippen molar-refractivity contribution in [2.24, 2.45) is 0 Å². The SMILES string of the molecule is O=C(/C=C/c1ccccc1)NCC(=O)OCCOc1ccc(F)cc1. The van der Waals surface area contributed by atoms with Gasteiger partial charge in [0.1, 0.15) is 31.3 Å². The van der Waals surface area contributed by atoms with Gasteiger partial charge in [-0.2, -0.15) is 0 Å². The molecule has 0 saturated heterocycles. The van der Waals surface area contributed by atoms with Gasteiger partial charge in [-0.25, -0.2) is 4.39 Å². The Morgan fingerprint density at radius 3 is 2.44 bits per heavy atom. The number of carbonyl (C=O) groups excluding carboxylic acids is 2. The molecular weight excluding hydrogens is 325 g/mol. The Hall–Kier alpha value is -3.15. The molecule has 25 heavy (non-hydrogen) atoms. The number of esters is 1. The van der Waals surface area contributed by atoms with E-state index in [1.807, 2.05) is 30.3 Å². The summed E-state index contributed by atoms with van der Waals surface area (Å²) in [7, 11) is 0. The first-order chi connectivity index (χ1) is 12.1. The molecule has 2 aromatic carbocycles. The number of amides is 1. The van der Waals surface area contributed by atoms with E-state index in [4.69, 9.17) is 9.47 Å². The highest BCUT2D eigenvalue weighted by Crippen LogP contribution is 2.10. The number of nitrogens with one attached hydrogen (secondary N) is 1. The van der Waals surface area contributed by atoms with E-state index in [9.17, 15) is 14.0 Å².